The molecule has 0 saturated carbocycles. The zero-order chi connectivity index (χ0) is 13.4. The normalized spacial score (nSPS) is 11.2. The van der Waals surface area contributed by atoms with Gasteiger partial charge in [0, 0.05) is 16.7 Å². The largest absolute Gasteiger partial charge is 0.497 e. The number of rotatable bonds is 8. The Morgan fingerprint density at radius 3 is 2.56 bits per heavy atom. The lowest BCUT2D eigenvalue weighted by Crippen LogP contribution is -2.00. The molecule has 1 aromatic rings. The van der Waals surface area contributed by atoms with E-state index in [1.54, 1.807) is 7.11 Å². The first kappa shape index (κ1) is 15.1. The van der Waals surface area contributed by atoms with Crippen LogP contribution in [-0.4, -0.2) is 27.9 Å². The third-order valence-electron chi connectivity index (χ3n) is 2.34. The van der Waals surface area contributed by atoms with Gasteiger partial charge in [-0.15, -0.1) is 0 Å². The summed E-state index contributed by atoms with van der Waals surface area (Å²) in [6, 6.07) is 7.36. The maximum atomic E-state index is 10.7. The van der Waals surface area contributed by atoms with E-state index in [2.05, 4.69) is 0 Å². The van der Waals surface area contributed by atoms with Gasteiger partial charge in [-0.05, 0) is 31.4 Å². The molecule has 0 amide bonds. The maximum absolute atomic E-state index is 10.7. The number of hydrogen-bond donors (Lipinski definition) is 0. The molecule has 6 heteroatoms. The summed E-state index contributed by atoms with van der Waals surface area (Å²) in [7, 11) is 3.35. The summed E-state index contributed by atoms with van der Waals surface area (Å²) in [6.07, 6.45) is 2.13. The minimum atomic E-state index is -3.36. The van der Waals surface area contributed by atoms with Gasteiger partial charge in [0.15, 0.2) is 0 Å². The predicted molar refractivity (Wildman–Crippen MR) is 72.0 cm³/mol. The molecule has 0 spiro atoms. The van der Waals surface area contributed by atoms with Crippen LogP contribution in [0, 0.1) is 0 Å². The van der Waals surface area contributed by atoms with Crippen LogP contribution in [-0.2, 0) is 9.05 Å². The van der Waals surface area contributed by atoms with Crippen LogP contribution in [0.4, 0.5) is 0 Å². The molecule has 0 aliphatic rings. The highest BCUT2D eigenvalue weighted by molar-refractivity contribution is 8.13. The van der Waals surface area contributed by atoms with Gasteiger partial charge in [-0.1, -0.05) is 6.07 Å². The van der Waals surface area contributed by atoms with E-state index in [0.29, 0.717) is 13.0 Å². The zero-order valence-electron chi connectivity index (χ0n) is 10.3. The van der Waals surface area contributed by atoms with Gasteiger partial charge in [0.2, 0.25) is 9.05 Å². The van der Waals surface area contributed by atoms with Crippen LogP contribution >= 0.6 is 10.7 Å². The standard InChI is InChI=1S/C12H17ClO4S/c1-16-11-6-5-7-12(10-11)17-8-3-2-4-9-18(13,14)15/h5-7,10H,2-4,8-9H2,1H3. The second-order valence-electron chi connectivity index (χ2n) is 3.83. The fourth-order valence-electron chi connectivity index (χ4n) is 1.43. The van der Waals surface area contributed by atoms with Crippen LogP contribution in [0.3, 0.4) is 0 Å². The van der Waals surface area contributed by atoms with Gasteiger partial charge in [-0.2, -0.15) is 0 Å². The van der Waals surface area contributed by atoms with Crippen molar-refractivity contribution in [3.8, 4) is 11.5 Å². The van der Waals surface area contributed by atoms with Crippen molar-refractivity contribution in [3.05, 3.63) is 24.3 Å². The topological polar surface area (TPSA) is 52.6 Å². The molecule has 0 atom stereocenters. The quantitative estimate of drug-likeness (QED) is 0.546. The van der Waals surface area contributed by atoms with E-state index in [4.69, 9.17) is 20.2 Å². The summed E-state index contributed by atoms with van der Waals surface area (Å²) in [6.45, 7) is 0.551. The maximum Gasteiger partial charge on any atom is 0.232 e. The van der Waals surface area contributed by atoms with Crippen molar-refractivity contribution >= 4 is 19.7 Å². The molecule has 0 aliphatic carbocycles. The minimum absolute atomic E-state index is 0.0215. The Bertz CT molecular complexity index is 459. The van der Waals surface area contributed by atoms with E-state index >= 15 is 0 Å². The first-order chi connectivity index (χ1) is 8.51. The molecule has 0 bridgehead atoms. The summed E-state index contributed by atoms with van der Waals surface area (Å²) in [5.74, 6) is 1.52. The van der Waals surface area contributed by atoms with Gasteiger partial charge in [0.05, 0.1) is 19.5 Å². The summed E-state index contributed by atoms with van der Waals surface area (Å²) in [4.78, 5) is 0. The number of halogens is 1. The van der Waals surface area contributed by atoms with Crippen LogP contribution in [0.5, 0.6) is 11.5 Å². The molecule has 1 aromatic carbocycles. The Morgan fingerprint density at radius 2 is 1.89 bits per heavy atom. The first-order valence-corrected chi connectivity index (χ1v) is 8.18. The van der Waals surface area contributed by atoms with Crippen molar-refractivity contribution in [2.24, 2.45) is 0 Å². The number of hydrogen-bond acceptors (Lipinski definition) is 4. The van der Waals surface area contributed by atoms with E-state index in [1.807, 2.05) is 24.3 Å². The molecule has 0 unspecified atom stereocenters. The lowest BCUT2D eigenvalue weighted by molar-refractivity contribution is 0.304. The van der Waals surface area contributed by atoms with Crippen molar-refractivity contribution in [2.45, 2.75) is 19.3 Å². The number of unbranched alkanes of at least 4 members (excludes halogenated alkanes) is 2. The molecule has 18 heavy (non-hydrogen) atoms. The lowest BCUT2D eigenvalue weighted by atomic mass is 10.2. The monoisotopic (exact) mass is 292 g/mol. The van der Waals surface area contributed by atoms with Gasteiger partial charge in [0.1, 0.15) is 11.5 Å². The average molecular weight is 293 g/mol. The number of benzene rings is 1. The lowest BCUT2D eigenvalue weighted by Gasteiger charge is -2.07. The minimum Gasteiger partial charge on any atom is -0.497 e. The van der Waals surface area contributed by atoms with Crippen LogP contribution < -0.4 is 9.47 Å². The highest BCUT2D eigenvalue weighted by Gasteiger charge is 2.03. The second-order valence-corrected chi connectivity index (χ2v) is 6.73. The SMILES string of the molecule is COc1cccc(OCCCCCS(=O)(=O)Cl)c1. The van der Waals surface area contributed by atoms with Gasteiger partial charge in [-0.25, -0.2) is 8.42 Å². The highest BCUT2D eigenvalue weighted by atomic mass is 35.7. The fourth-order valence-corrected chi connectivity index (χ4v) is 2.31. The number of ether oxygens (including phenoxy) is 2. The van der Waals surface area contributed by atoms with E-state index in [-0.39, 0.29) is 5.75 Å². The van der Waals surface area contributed by atoms with Crippen molar-refractivity contribution in [3.63, 3.8) is 0 Å². The summed E-state index contributed by atoms with van der Waals surface area (Å²) >= 11 is 0. The molecule has 4 nitrogen and oxygen atoms in total. The van der Waals surface area contributed by atoms with E-state index in [1.165, 1.54) is 0 Å². The molecule has 1 rings (SSSR count). The van der Waals surface area contributed by atoms with Crippen molar-refractivity contribution in [2.75, 3.05) is 19.5 Å². The van der Waals surface area contributed by atoms with Gasteiger partial charge in [0.25, 0.3) is 0 Å². The molecule has 0 N–H and O–H groups in total. The average Bonchev–Trinajstić information content (AvgIpc) is 2.32. The second kappa shape index (κ2) is 7.48. The third-order valence-corrected chi connectivity index (χ3v) is 3.58. The molecular weight excluding hydrogens is 276 g/mol. The number of methoxy groups -OCH3 is 1. The van der Waals surface area contributed by atoms with Crippen LogP contribution in [0.2, 0.25) is 0 Å². The van der Waals surface area contributed by atoms with Crippen LogP contribution in [0.15, 0.2) is 24.3 Å². The molecule has 0 fully saturated rings. The molecule has 0 aliphatic heterocycles. The third kappa shape index (κ3) is 6.71. The van der Waals surface area contributed by atoms with Gasteiger partial charge >= 0.3 is 0 Å². The van der Waals surface area contributed by atoms with Crippen molar-refractivity contribution in [1.82, 2.24) is 0 Å². The van der Waals surface area contributed by atoms with E-state index in [0.717, 1.165) is 24.3 Å². The van der Waals surface area contributed by atoms with Crippen LogP contribution in [0.25, 0.3) is 0 Å². The Morgan fingerprint density at radius 1 is 1.17 bits per heavy atom. The zero-order valence-corrected chi connectivity index (χ0v) is 11.8. The predicted octanol–water partition coefficient (Wildman–Crippen LogP) is 2.81. The Labute approximate surface area is 112 Å². The molecular formula is C12H17ClO4S. The molecule has 0 aromatic heterocycles. The van der Waals surface area contributed by atoms with E-state index in [9.17, 15) is 8.42 Å². The van der Waals surface area contributed by atoms with Crippen LogP contribution in [0.1, 0.15) is 19.3 Å². The van der Waals surface area contributed by atoms with Crippen molar-refractivity contribution in [1.29, 1.82) is 0 Å². The Balaban J connectivity index is 2.18. The molecule has 0 saturated heterocycles. The van der Waals surface area contributed by atoms with Gasteiger partial charge < -0.3 is 9.47 Å². The Kier molecular flexibility index (Phi) is 6.29. The summed E-state index contributed by atoms with van der Waals surface area (Å²) < 4.78 is 31.9. The Hall–Kier alpha value is -0.940. The summed E-state index contributed by atoms with van der Waals surface area (Å²) in [5.41, 5.74) is 0. The highest BCUT2D eigenvalue weighted by Crippen LogP contribution is 2.19. The molecule has 0 heterocycles. The summed E-state index contributed by atoms with van der Waals surface area (Å²) in [5, 5.41) is 0. The molecule has 102 valence electrons. The van der Waals surface area contributed by atoms with E-state index < -0.39 is 9.05 Å². The first-order valence-electron chi connectivity index (χ1n) is 5.70. The van der Waals surface area contributed by atoms with Gasteiger partial charge in [-0.3, -0.25) is 0 Å². The van der Waals surface area contributed by atoms with Crippen molar-refractivity contribution < 1.29 is 17.9 Å². The molecule has 0 radical (unpaired) electrons. The smallest absolute Gasteiger partial charge is 0.232 e. The fraction of sp³-hybridized carbons (Fsp3) is 0.500.